The molecule has 0 aromatic rings. The van der Waals surface area contributed by atoms with E-state index in [-0.39, 0.29) is 6.42 Å². The predicted octanol–water partition coefficient (Wildman–Crippen LogP) is 2.50. The molecule has 3 nitrogen and oxygen atoms in total. The van der Waals surface area contributed by atoms with E-state index in [9.17, 15) is 17.7 Å². The smallest absolute Gasteiger partial charge is 0.449 e. The van der Waals surface area contributed by atoms with Crippen LogP contribution in [0.15, 0.2) is 0 Å². The molecule has 1 saturated carbocycles. The number of nitrogens with one attached hydrogen (secondary N) is 1. The first-order valence-electron chi connectivity index (χ1n) is 4.79. The summed E-state index contributed by atoms with van der Waals surface area (Å²) in [5.41, 5.74) is -0.683. The lowest BCUT2D eigenvalue weighted by molar-refractivity contribution is 0.0523. The molecule has 1 fully saturated rings. The highest BCUT2D eigenvalue weighted by molar-refractivity contribution is 6.61. The quantitative estimate of drug-likeness (QED) is 0.731. The normalized spacial score (nSPS) is 26.0. The highest BCUT2D eigenvalue weighted by Gasteiger charge is 2.51. The van der Waals surface area contributed by atoms with Gasteiger partial charge in [0.15, 0.2) is 0 Å². The minimum absolute atomic E-state index is 0.0251. The fourth-order valence-electron chi connectivity index (χ4n) is 1.26. The molecule has 0 aliphatic heterocycles. The molecule has 88 valence electrons. The van der Waals surface area contributed by atoms with Crippen molar-refractivity contribution in [1.82, 2.24) is 5.32 Å². The van der Waals surface area contributed by atoms with Crippen molar-refractivity contribution in [2.75, 3.05) is 0 Å². The predicted molar refractivity (Wildman–Crippen MR) is 50.6 cm³/mol. The summed E-state index contributed by atoms with van der Waals surface area (Å²) in [5.74, 6) is -1.35. The van der Waals surface area contributed by atoms with Crippen molar-refractivity contribution in [3.63, 3.8) is 0 Å². The monoisotopic (exact) mass is 224 g/mol. The Labute approximate surface area is 86.4 Å². The van der Waals surface area contributed by atoms with E-state index in [1.54, 1.807) is 20.8 Å². The van der Waals surface area contributed by atoms with Gasteiger partial charge in [0.2, 0.25) is 0 Å². The number of ether oxygens (including phenoxy) is 1. The van der Waals surface area contributed by atoms with Gasteiger partial charge >= 0.3 is 13.1 Å². The van der Waals surface area contributed by atoms with Gasteiger partial charge in [0, 0.05) is 6.04 Å². The van der Waals surface area contributed by atoms with Crippen molar-refractivity contribution in [3.05, 3.63) is 0 Å². The average Bonchev–Trinajstić information content (AvgIpc) is 2.59. The number of amides is 1. The third-order valence-corrected chi connectivity index (χ3v) is 2.03. The molecule has 0 saturated heterocycles. The summed E-state index contributed by atoms with van der Waals surface area (Å²) in [6, 6.07) is -0.792. The van der Waals surface area contributed by atoms with E-state index in [1.165, 1.54) is 0 Å². The van der Waals surface area contributed by atoms with E-state index in [4.69, 9.17) is 4.74 Å². The van der Waals surface area contributed by atoms with Crippen LogP contribution < -0.4 is 5.32 Å². The summed E-state index contributed by atoms with van der Waals surface area (Å²) in [6.07, 6.45) is -0.807. The first kappa shape index (κ1) is 12.2. The van der Waals surface area contributed by atoms with Crippen LogP contribution in [0.3, 0.4) is 0 Å². The molecule has 1 rings (SSSR count). The summed E-state index contributed by atoms with van der Waals surface area (Å²) < 4.78 is 41.3. The van der Waals surface area contributed by atoms with Gasteiger partial charge in [0.25, 0.3) is 0 Å². The highest BCUT2D eigenvalue weighted by atomic mass is 19.4. The first-order valence-corrected chi connectivity index (χ1v) is 4.79. The fraction of sp³-hybridized carbons (Fsp3) is 0.875. The molecule has 0 aromatic heterocycles. The highest BCUT2D eigenvalue weighted by Crippen LogP contribution is 2.47. The molecule has 0 unspecified atom stereocenters. The van der Waals surface area contributed by atoms with E-state index in [0.717, 1.165) is 0 Å². The average molecular weight is 224 g/mol. The molecule has 0 bridgehead atoms. The van der Waals surface area contributed by atoms with Gasteiger partial charge in [-0.3, -0.25) is 0 Å². The number of halogens is 3. The summed E-state index contributed by atoms with van der Waals surface area (Å²) in [5, 5.41) is 2.20. The second-order valence-electron chi connectivity index (χ2n) is 4.78. The van der Waals surface area contributed by atoms with E-state index in [1.807, 2.05) is 0 Å². The topological polar surface area (TPSA) is 38.3 Å². The molecular weight excluding hydrogens is 210 g/mol. The maximum Gasteiger partial charge on any atom is 0.483 e. The molecule has 0 radical (unpaired) electrons. The van der Waals surface area contributed by atoms with Gasteiger partial charge in [0.1, 0.15) is 5.60 Å². The molecular formula is C8H14BF3NO2-. The Morgan fingerprint density at radius 2 is 1.93 bits per heavy atom. The van der Waals surface area contributed by atoms with Crippen molar-refractivity contribution in [3.8, 4) is 0 Å². The molecule has 0 heterocycles. The molecule has 15 heavy (non-hydrogen) atoms. The minimum atomic E-state index is -4.83. The molecule has 2 atom stereocenters. The maximum absolute atomic E-state index is 12.1. The van der Waals surface area contributed by atoms with Crippen molar-refractivity contribution in [2.24, 2.45) is 0 Å². The van der Waals surface area contributed by atoms with E-state index in [0.29, 0.717) is 0 Å². The number of alkyl carbamates (subject to hydrolysis) is 1. The van der Waals surface area contributed by atoms with Crippen LogP contribution >= 0.6 is 0 Å². The standard InChI is InChI=1S/C8H14BF3NO2/c1-8(2,3)15-7(14)13-6-4-5(6)9(10,11)12/h5-6H,4H2,1-3H3,(H,13,14)/q-1/t5-,6-/m0/s1. The van der Waals surface area contributed by atoms with Crippen LogP contribution in [-0.2, 0) is 4.74 Å². The fourth-order valence-corrected chi connectivity index (χ4v) is 1.26. The summed E-state index contributed by atoms with van der Waals surface area (Å²) >= 11 is 0. The van der Waals surface area contributed by atoms with Gasteiger partial charge in [0.05, 0.1) is 0 Å². The third-order valence-electron chi connectivity index (χ3n) is 2.03. The largest absolute Gasteiger partial charge is 0.483 e. The second kappa shape index (κ2) is 3.61. The van der Waals surface area contributed by atoms with Gasteiger partial charge in [-0.15, -0.1) is 0 Å². The lowest BCUT2D eigenvalue weighted by atomic mass is 9.83. The summed E-state index contributed by atoms with van der Waals surface area (Å²) in [7, 11) is 0. The van der Waals surface area contributed by atoms with Gasteiger partial charge in [-0.2, -0.15) is 0 Å². The van der Waals surface area contributed by atoms with Gasteiger partial charge in [-0.25, -0.2) is 4.79 Å². The van der Waals surface area contributed by atoms with Crippen molar-refractivity contribution in [1.29, 1.82) is 0 Å². The van der Waals surface area contributed by atoms with Crippen molar-refractivity contribution >= 4 is 13.1 Å². The number of hydrogen-bond donors (Lipinski definition) is 1. The lowest BCUT2D eigenvalue weighted by Gasteiger charge is -2.20. The van der Waals surface area contributed by atoms with E-state index in [2.05, 4.69) is 5.32 Å². The maximum atomic E-state index is 12.1. The Balaban J connectivity index is 2.31. The first-order chi connectivity index (χ1) is 6.59. The zero-order valence-corrected chi connectivity index (χ0v) is 8.89. The second-order valence-corrected chi connectivity index (χ2v) is 4.78. The van der Waals surface area contributed by atoms with Crippen LogP contribution in [0.4, 0.5) is 17.7 Å². The van der Waals surface area contributed by atoms with Crippen molar-refractivity contribution < 1.29 is 22.5 Å². The van der Waals surface area contributed by atoms with Crippen molar-refractivity contribution in [2.45, 2.75) is 44.7 Å². The Morgan fingerprint density at radius 3 is 2.27 bits per heavy atom. The van der Waals surface area contributed by atoms with Gasteiger partial charge < -0.3 is 23.0 Å². The SMILES string of the molecule is CC(C)(C)OC(=O)N[C@H]1C[C@@H]1[B-](F)(F)F. The zero-order valence-electron chi connectivity index (χ0n) is 8.89. The van der Waals surface area contributed by atoms with Crippen LogP contribution in [0.1, 0.15) is 27.2 Å². The molecule has 1 N–H and O–H groups in total. The molecule has 0 spiro atoms. The molecule has 1 amide bonds. The van der Waals surface area contributed by atoms with Gasteiger partial charge in [-0.05, 0) is 20.8 Å². The lowest BCUT2D eigenvalue weighted by Crippen LogP contribution is -2.35. The van der Waals surface area contributed by atoms with E-state index >= 15 is 0 Å². The number of carbonyl (C=O) groups is 1. The molecule has 0 aromatic carbocycles. The van der Waals surface area contributed by atoms with Crippen LogP contribution in [0.5, 0.6) is 0 Å². The number of rotatable bonds is 2. The Hall–Kier alpha value is -0.875. The molecule has 1 aliphatic rings. The number of hydrogen-bond acceptors (Lipinski definition) is 2. The zero-order chi connectivity index (χ0) is 11.9. The van der Waals surface area contributed by atoms with Crippen LogP contribution in [0.2, 0.25) is 5.82 Å². The Kier molecular flexibility index (Phi) is 2.93. The third kappa shape index (κ3) is 4.01. The van der Waals surface area contributed by atoms with Gasteiger partial charge in [-0.1, -0.05) is 12.2 Å². The summed E-state index contributed by atoms with van der Waals surface area (Å²) in [4.78, 5) is 11.1. The molecule has 7 heteroatoms. The Bertz CT molecular complexity index is 262. The summed E-state index contributed by atoms with van der Waals surface area (Å²) in [6.45, 7) is 0.138. The van der Waals surface area contributed by atoms with Crippen LogP contribution in [0, 0.1) is 0 Å². The minimum Gasteiger partial charge on any atom is -0.449 e. The number of carbonyl (C=O) groups excluding carboxylic acids is 1. The van der Waals surface area contributed by atoms with Crippen LogP contribution in [0.25, 0.3) is 0 Å². The Morgan fingerprint density at radius 1 is 1.40 bits per heavy atom. The van der Waals surface area contributed by atoms with Crippen LogP contribution in [-0.4, -0.2) is 24.7 Å². The van der Waals surface area contributed by atoms with E-state index < -0.39 is 30.5 Å². The molecule has 1 aliphatic carbocycles.